The van der Waals surface area contributed by atoms with Crippen LogP contribution in [-0.2, 0) is 13.0 Å². The van der Waals surface area contributed by atoms with Crippen LogP contribution >= 0.6 is 0 Å². The third-order valence-corrected chi connectivity index (χ3v) is 4.08. The van der Waals surface area contributed by atoms with E-state index < -0.39 is 0 Å². The van der Waals surface area contributed by atoms with Gasteiger partial charge in [-0.15, -0.1) is 0 Å². The highest BCUT2D eigenvalue weighted by Crippen LogP contribution is 2.34. The van der Waals surface area contributed by atoms with Crippen molar-refractivity contribution in [1.29, 1.82) is 0 Å². The summed E-state index contributed by atoms with van der Waals surface area (Å²) in [7, 11) is 0. The molecule has 1 N–H and O–H groups in total. The van der Waals surface area contributed by atoms with E-state index in [1.165, 1.54) is 16.8 Å². The van der Waals surface area contributed by atoms with Crippen LogP contribution in [0, 0.1) is 0 Å². The Balaban J connectivity index is 1.80. The molecule has 20 heavy (non-hydrogen) atoms. The second kappa shape index (κ2) is 4.37. The van der Waals surface area contributed by atoms with Gasteiger partial charge < -0.3 is 9.88 Å². The standard InChI is InChI=1S/C17H17N3/c1-2-20-16-10-6-5-9-14(16)19-17(20)15-11-12-7-3-4-8-13(12)18-15/h3-10,15,18H,2,11H2,1H3. The van der Waals surface area contributed by atoms with Gasteiger partial charge in [-0.1, -0.05) is 30.3 Å². The zero-order valence-electron chi connectivity index (χ0n) is 11.5. The fourth-order valence-corrected chi connectivity index (χ4v) is 3.15. The molecular formula is C17H17N3. The van der Waals surface area contributed by atoms with Crippen LogP contribution in [0.1, 0.15) is 24.4 Å². The Bertz CT molecular complexity index is 748. The average molecular weight is 263 g/mol. The summed E-state index contributed by atoms with van der Waals surface area (Å²) in [5.74, 6) is 1.14. The predicted molar refractivity (Wildman–Crippen MR) is 81.9 cm³/mol. The quantitative estimate of drug-likeness (QED) is 0.762. The fraction of sp³-hybridized carbons (Fsp3) is 0.235. The Kier molecular flexibility index (Phi) is 2.52. The number of aryl methyl sites for hydroxylation is 1. The van der Waals surface area contributed by atoms with Crippen molar-refractivity contribution in [2.75, 3.05) is 5.32 Å². The van der Waals surface area contributed by atoms with E-state index in [9.17, 15) is 0 Å². The van der Waals surface area contributed by atoms with Crippen LogP contribution in [0.4, 0.5) is 5.69 Å². The first-order valence-electron chi connectivity index (χ1n) is 7.16. The molecule has 0 radical (unpaired) electrons. The topological polar surface area (TPSA) is 29.9 Å². The molecule has 2 heterocycles. The highest BCUT2D eigenvalue weighted by molar-refractivity contribution is 5.76. The number of nitrogens with one attached hydrogen (secondary N) is 1. The second-order valence-electron chi connectivity index (χ2n) is 5.26. The van der Waals surface area contributed by atoms with Gasteiger partial charge in [0.1, 0.15) is 5.82 Å². The SMILES string of the molecule is CCn1c(C2Cc3ccccc3N2)nc2ccccc21. The van der Waals surface area contributed by atoms with E-state index in [-0.39, 0.29) is 6.04 Å². The van der Waals surface area contributed by atoms with Crippen molar-refractivity contribution in [1.82, 2.24) is 9.55 Å². The van der Waals surface area contributed by atoms with Crippen LogP contribution in [0.15, 0.2) is 48.5 Å². The monoisotopic (exact) mass is 263 g/mol. The third kappa shape index (κ3) is 1.63. The van der Waals surface area contributed by atoms with Crippen molar-refractivity contribution in [3.05, 3.63) is 59.9 Å². The van der Waals surface area contributed by atoms with E-state index in [1.807, 2.05) is 0 Å². The lowest BCUT2D eigenvalue weighted by molar-refractivity contribution is 0.656. The molecule has 0 aliphatic carbocycles. The molecular weight excluding hydrogens is 246 g/mol. The molecule has 0 fully saturated rings. The maximum absolute atomic E-state index is 4.85. The number of benzene rings is 2. The normalized spacial score (nSPS) is 17.1. The van der Waals surface area contributed by atoms with Gasteiger partial charge in [0, 0.05) is 18.7 Å². The molecule has 0 saturated carbocycles. The molecule has 1 aromatic heterocycles. The summed E-state index contributed by atoms with van der Waals surface area (Å²) < 4.78 is 2.32. The van der Waals surface area contributed by atoms with E-state index in [1.54, 1.807) is 0 Å². The molecule has 2 aromatic carbocycles. The Hall–Kier alpha value is -2.29. The number of hydrogen-bond acceptors (Lipinski definition) is 2. The first-order valence-corrected chi connectivity index (χ1v) is 7.16. The Morgan fingerprint density at radius 2 is 1.95 bits per heavy atom. The van der Waals surface area contributed by atoms with Gasteiger partial charge in [-0.2, -0.15) is 0 Å². The number of imidazole rings is 1. The molecule has 0 spiro atoms. The van der Waals surface area contributed by atoms with Gasteiger partial charge in [0.2, 0.25) is 0 Å². The Morgan fingerprint density at radius 1 is 1.15 bits per heavy atom. The summed E-state index contributed by atoms with van der Waals surface area (Å²) in [5, 5.41) is 3.60. The van der Waals surface area contributed by atoms with Crippen LogP contribution in [-0.4, -0.2) is 9.55 Å². The van der Waals surface area contributed by atoms with Crippen molar-refractivity contribution in [3.63, 3.8) is 0 Å². The van der Waals surface area contributed by atoms with E-state index in [0.717, 1.165) is 24.3 Å². The van der Waals surface area contributed by atoms with E-state index >= 15 is 0 Å². The van der Waals surface area contributed by atoms with Crippen LogP contribution in [0.25, 0.3) is 11.0 Å². The molecule has 3 nitrogen and oxygen atoms in total. The van der Waals surface area contributed by atoms with Crippen molar-refractivity contribution < 1.29 is 0 Å². The lowest BCUT2D eigenvalue weighted by atomic mass is 10.1. The summed E-state index contributed by atoms with van der Waals surface area (Å²) >= 11 is 0. The molecule has 0 saturated heterocycles. The van der Waals surface area contributed by atoms with Crippen LogP contribution in [0.2, 0.25) is 0 Å². The lowest BCUT2D eigenvalue weighted by Gasteiger charge is -2.13. The molecule has 3 aromatic rings. The number of hydrogen-bond donors (Lipinski definition) is 1. The molecule has 0 amide bonds. The largest absolute Gasteiger partial charge is 0.375 e. The summed E-state index contributed by atoms with van der Waals surface area (Å²) in [6, 6.07) is 17.2. The minimum Gasteiger partial charge on any atom is -0.375 e. The zero-order chi connectivity index (χ0) is 13.5. The highest BCUT2D eigenvalue weighted by atomic mass is 15.1. The molecule has 1 aliphatic rings. The maximum atomic E-state index is 4.85. The van der Waals surface area contributed by atoms with Crippen LogP contribution in [0.5, 0.6) is 0 Å². The molecule has 100 valence electrons. The fourth-order valence-electron chi connectivity index (χ4n) is 3.15. The van der Waals surface area contributed by atoms with Gasteiger partial charge in [0.05, 0.1) is 17.1 Å². The van der Waals surface area contributed by atoms with Gasteiger partial charge in [-0.05, 0) is 30.7 Å². The first kappa shape index (κ1) is 11.5. The van der Waals surface area contributed by atoms with Gasteiger partial charge in [0.25, 0.3) is 0 Å². The summed E-state index contributed by atoms with van der Waals surface area (Å²) in [6.07, 6.45) is 1.01. The number of fused-ring (bicyclic) bond motifs is 2. The number of aromatic nitrogens is 2. The zero-order valence-corrected chi connectivity index (χ0v) is 11.5. The Labute approximate surface area is 118 Å². The predicted octanol–water partition coefficient (Wildman–Crippen LogP) is 3.77. The van der Waals surface area contributed by atoms with E-state index in [2.05, 4.69) is 65.3 Å². The minimum absolute atomic E-state index is 0.278. The molecule has 1 aliphatic heterocycles. The summed E-state index contributed by atoms with van der Waals surface area (Å²) in [6.45, 7) is 3.13. The molecule has 1 unspecified atom stereocenters. The smallest absolute Gasteiger partial charge is 0.132 e. The number of rotatable bonds is 2. The molecule has 4 rings (SSSR count). The van der Waals surface area contributed by atoms with Crippen molar-refractivity contribution in [2.24, 2.45) is 0 Å². The first-order chi connectivity index (χ1) is 9.86. The third-order valence-electron chi connectivity index (χ3n) is 4.08. The molecule has 0 bridgehead atoms. The van der Waals surface area contributed by atoms with Gasteiger partial charge in [0.15, 0.2) is 0 Å². The van der Waals surface area contributed by atoms with Gasteiger partial charge >= 0.3 is 0 Å². The maximum Gasteiger partial charge on any atom is 0.132 e. The second-order valence-corrected chi connectivity index (χ2v) is 5.26. The number of anilines is 1. The summed E-state index contributed by atoms with van der Waals surface area (Å²) in [4.78, 5) is 4.85. The van der Waals surface area contributed by atoms with Crippen LogP contribution < -0.4 is 5.32 Å². The highest BCUT2D eigenvalue weighted by Gasteiger charge is 2.26. The lowest BCUT2D eigenvalue weighted by Crippen LogP contribution is -2.13. The van der Waals surface area contributed by atoms with Gasteiger partial charge in [-0.3, -0.25) is 0 Å². The molecule has 1 atom stereocenters. The minimum atomic E-state index is 0.278. The van der Waals surface area contributed by atoms with Crippen molar-refractivity contribution in [3.8, 4) is 0 Å². The Morgan fingerprint density at radius 3 is 2.80 bits per heavy atom. The van der Waals surface area contributed by atoms with Crippen molar-refractivity contribution in [2.45, 2.75) is 25.9 Å². The van der Waals surface area contributed by atoms with E-state index in [4.69, 9.17) is 4.98 Å². The average Bonchev–Trinajstić information content (AvgIpc) is 3.07. The number of nitrogens with zero attached hydrogens (tertiary/aromatic N) is 2. The molecule has 3 heteroatoms. The number of para-hydroxylation sites is 3. The van der Waals surface area contributed by atoms with E-state index in [0.29, 0.717) is 0 Å². The van der Waals surface area contributed by atoms with Gasteiger partial charge in [-0.25, -0.2) is 4.98 Å². The van der Waals surface area contributed by atoms with Crippen molar-refractivity contribution >= 4 is 16.7 Å². The van der Waals surface area contributed by atoms with Crippen LogP contribution in [0.3, 0.4) is 0 Å². The summed E-state index contributed by atoms with van der Waals surface area (Å²) in [5.41, 5.74) is 4.93.